The first kappa shape index (κ1) is 5.76. The van der Waals surface area contributed by atoms with Crippen molar-refractivity contribution in [3.05, 3.63) is 0 Å². The molecular weight excluding hydrogens is 108 g/mol. The normalized spacial score (nSPS) is 49.7. The molecule has 0 spiro atoms. The van der Waals surface area contributed by atoms with Crippen LogP contribution in [0.4, 0.5) is 0 Å². The van der Waals surface area contributed by atoms with E-state index in [4.69, 9.17) is 0 Å². The molecule has 3 atom stereocenters. The molecule has 2 aliphatic carbocycles. The van der Waals surface area contributed by atoms with Gasteiger partial charge in [0.2, 0.25) is 0 Å². The summed E-state index contributed by atoms with van der Waals surface area (Å²) >= 11 is 0. The summed E-state index contributed by atoms with van der Waals surface area (Å²) in [6.45, 7) is 2.44. The summed E-state index contributed by atoms with van der Waals surface area (Å²) in [5.74, 6) is 3.36. The first-order valence-electron chi connectivity index (χ1n) is 4.38. The molecule has 2 rings (SSSR count). The fourth-order valence-electron chi connectivity index (χ4n) is 2.86. The highest BCUT2D eigenvalue weighted by Crippen LogP contribution is 2.46. The largest absolute Gasteiger partial charge is 0.0622 e. The van der Waals surface area contributed by atoms with Crippen LogP contribution < -0.4 is 0 Å². The van der Waals surface area contributed by atoms with Crippen LogP contribution in [0, 0.1) is 17.8 Å². The molecule has 0 heterocycles. The molecule has 0 amide bonds. The highest BCUT2D eigenvalue weighted by molar-refractivity contribution is 4.86. The Morgan fingerprint density at radius 3 is 2.67 bits per heavy atom. The molecule has 0 radical (unpaired) electrons. The van der Waals surface area contributed by atoms with Crippen LogP contribution in [0.5, 0.6) is 0 Å². The molecule has 0 saturated heterocycles. The van der Waals surface area contributed by atoms with E-state index in [9.17, 15) is 0 Å². The van der Waals surface area contributed by atoms with Crippen molar-refractivity contribution in [2.45, 2.75) is 39.0 Å². The first-order valence-corrected chi connectivity index (χ1v) is 4.38. The van der Waals surface area contributed by atoms with Gasteiger partial charge >= 0.3 is 0 Å². The highest BCUT2D eigenvalue weighted by atomic mass is 14.4. The van der Waals surface area contributed by atoms with Gasteiger partial charge in [-0.1, -0.05) is 26.2 Å². The molecule has 0 aliphatic heterocycles. The van der Waals surface area contributed by atoms with Gasteiger partial charge in [0.15, 0.2) is 0 Å². The molecule has 3 unspecified atom stereocenters. The van der Waals surface area contributed by atoms with Crippen molar-refractivity contribution in [2.75, 3.05) is 0 Å². The third-order valence-corrected chi connectivity index (χ3v) is 3.44. The summed E-state index contributed by atoms with van der Waals surface area (Å²) in [7, 11) is 0. The zero-order chi connectivity index (χ0) is 6.27. The van der Waals surface area contributed by atoms with Gasteiger partial charge in [0.1, 0.15) is 0 Å². The van der Waals surface area contributed by atoms with Crippen molar-refractivity contribution in [1.29, 1.82) is 0 Å². The van der Waals surface area contributed by atoms with Gasteiger partial charge in [0, 0.05) is 0 Å². The van der Waals surface area contributed by atoms with Gasteiger partial charge in [0.25, 0.3) is 0 Å². The third-order valence-electron chi connectivity index (χ3n) is 3.44. The second-order valence-electron chi connectivity index (χ2n) is 3.91. The second-order valence-corrected chi connectivity index (χ2v) is 3.91. The van der Waals surface area contributed by atoms with E-state index in [0.717, 1.165) is 17.8 Å². The van der Waals surface area contributed by atoms with E-state index in [1.807, 2.05) is 0 Å². The topological polar surface area (TPSA) is 0 Å². The van der Waals surface area contributed by atoms with E-state index in [1.165, 1.54) is 12.8 Å². The molecule has 2 saturated carbocycles. The van der Waals surface area contributed by atoms with Crippen molar-refractivity contribution >= 4 is 0 Å². The van der Waals surface area contributed by atoms with E-state index in [2.05, 4.69) is 6.92 Å². The molecule has 52 valence electrons. The average Bonchev–Trinajstić information content (AvgIpc) is 2.35. The SMILES string of the molecule is CC1CCC2CCCC12. The third kappa shape index (κ3) is 0.798. The predicted molar refractivity (Wildman–Crippen MR) is 39.2 cm³/mol. The molecule has 0 aromatic carbocycles. The minimum atomic E-state index is 1.07. The van der Waals surface area contributed by atoms with Crippen molar-refractivity contribution < 1.29 is 0 Å². The van der Waals surface area contributed by atoms with Gasteiger partial charge < -0.3 is 0 Å². The van der Waals surface area contributed by atoms with Crippen LogP contribution in [-0.2, 0) is 0 Å². The lowest BCUT2D eigenvalue weighted by Gasteiger charge is -2.11. The van der Waals surface area contributed by atoms with E-state index in [0.29, 0.717) is 0 Å². The number of hydrogen-bond donors (Lipinski definition) is 0. The van der Waals surface area contributed by atoms with Crippen LogP contribution in [0.25, 0.3) is 0 Å². The Labute approximate surface area is 57.6 Å². The van der Waals surface area contributed by atoms with Crippen molar-refractivity contribution in [1.82, 2.24) is 0 Å². The van der Waals surface area contributed by atoms with Gasteiger partial charge in [-0.3, -0.25) is 0 Å². The zero-order valence-electron chi connectivity index (χ0n) is 6.27. The molecule has 0 N–H and O–H groups in total. The Morgan fingerprint density at radius 1 is 1.00 bits per heavy atom. The van der Waals surface area contributed by atoms with Crippen LogP contribution >= 0.6 is 0 Å². The Bertz CT molecular complexity index is 107. The van der Waals surface area contributed by atoms with Crippen LogP contribution in [0.3, 0.4) is 0 Å². The lowest BCUT2D eigenvalue weighted by molar-refractivity contribution is 0.376. The van der Waals surface area contributed by atoms with E-state index >= 15 is 0 Å². The maximum absolute atomic E-state index is 2.44. The van der Waals surface area contributed by atoms with Gasteiger partial charge in [-0.05, 0) is 30.6 Å². The van der Waals surface area contributed by atoms with E-state index in [-0.39, 0.29) is 0 Å². The van der Waals surface area contributed by atoms with Gasteiger partial charge in [-0.25, -0.2) is 0 Å². The summed E-state index contributed by atoms with van der Waals surface area (Å²) in [5.41, 5.74) is 0. The van der Waals surface area contributed by atoms with Gasteiger partial charge in [-0.15, -0.1) is 0 Å². The smallest absolute Gasteiger partial charge is 0.0360 e. The summed E-state index contributed by atoms with van der Waals surface area (Å²) in [6, 6.07) is 0. The molecule has 0 nitrogen and oxygen atoms in total. The Morgan fingerprint density at radius 2 is 1.89 bits per heavy atom. The highest BCUT2D eigenvalue weighted by Gasteiger charge is 2.36. The van der Waals surface area contributed by atoms with Crippen LogP contribution in [0.15, 0.2) is 0 Å². The monoisotopic (exact) mass is 124 g/mol. The quantitative estimate of drug-likeness (QED) is 0.466. The van der Waals surface area contributed by atoms with Crippen molar-refractivity contribution in [2.24, 2.45) is 17.8 Å². The molecule has 0 aromatic heterocycles. The predicted octanol–water partition coefficient (Wildman–Crippen LogP) is 2.83. The van der Waals surface area contributed by atoms with Gasteiger partial charge in [0.05, 0.1) is 0 Å². The Hall–Kier alpha value is 0. The Kier molecular flexibility index (Phi) is 1.28. The first-order chi connectivity index (χ1) is 4.38. The minimum Gasteiger partial charge on any atom is -0.0622 e. The zero-order valence-corrected chi connectivity index (χ0v) is 6.27. The van der Waals surface area contributed by atoms with E-state index in [1.54, 1.807) is 19.3 Å². The summed E-state index contributed by atoms with van der Waals surface area (Å²) < 4.78 is 0. The molecule has 0 aromatic rings. The van der Waals surface area contributed by atoms with Gasteiger partial charge in [-0.2, -0.15) is 0 Å². The van der Waals surface area contributed by atoms with Crippen LogP contribution in [0.1, 0.15) is 39.0 Å². The molecule has 0 heteroatoms. The lowest BCUT2D eigenvalue weighted by atomic mass is 9.94. The molecule has 9 heavy (non-hydrogen) atoms. The average molecular weight is 124 g/mol. The summed E-state index contributed by atoms with van der Waals surface area (Å²) in [4.78, 5) is 0. The fraction of sp³-hybridized carbons (Fsp3) is 1.00. The molecule has 0 bridgehead atoms. The summed E-state index contributed by atoms with van der Waals surface area (Å²) in [6.07, 6.45) is 7.70. The van der Waals surface area contributed by atoms with Crippen LogP contribution in [0.2, 0.25) is 0 Å². The van der Waals surface area contributed by atoms with Crippen LogP contribution in [-0.4, -0.2) is 0 Å². The minimum absolute atomic E-state index is 1.07. The maximum atomic E-state index is 2.44. The fourth-order valence-corrected chi connectivity index (χ4v) is 2.86. The number of fused-ring (bicyclic) bond motifs is 1. The maximum Gasteiger partial charge on any atom is -0.0360 e. The summed E-state index contributed by atoms with van der Waals surface area (Å²) in [5, 5.41) is 0. The molecule has 2 aliphatic rings. The second kappa shape index (κ2) is 2.00. The lowest BCUT2D eigenvalue weighted by Crippen LogP contribution is -2.04. The molecule has 2 fully saturated rings. The number of hydrogen-bond acceptors (Lipinski definition) is 0. The van der Waals surface area contributed by atoms with Crippen molar-refractivity contribution in [3.8, 4) is 0 Å². The Balaban J connectivity index is 2.07. The molecular formula is C9H16. The standard InChI is InChI=1S/C9H16/c1-7-5-6-8-3-2-4-9(7)8/h7-9H,2-6H2,1H3. The van der Waals surface area contributed by atoms with Crippen molar-refractivity contribution in [3.63, 3.8) is 0 Å². The number of rotatable bonds is 0. The van der Waals surface area contributed by atoms with E-state index < -0.39 is 0 Å².